The second-order valence-electron chi connectivity index (χ2n) is 5.13. The molecule has 4 nitrogen and oxygen atoms in total. The summed E-state index contributed by atoms with van der Waals surface area (Å²) in [6.45, 7) is 5.83. The number of ether oxygens (including phenoxy) is 1. The molecule has 1 rings (SSSR count). The zero-order valence-electron chi connectivity index (χ0n) is 10.9. The second kappa shape index (κ2) is 6.20. The van der Waals surface area contributed by atoms with Gasteiger partial charge in [-0.15, -0.1) is 0 Å². The van der Waals surface area contributed by atoms with E-state index in [2.05, 4.69) is 21.2 Å². The molecular formula is C13H19BrN2O2. The molecule has 5 heteroatoms. The van der Waals surface area contributed by atoms with Gasteiger partial charge in [0.1, 0.15) is 6.61 Å². The molecule has 1 amide bonds. The lowest BCUT2D eigenvalue weighted by molar-refractivity contribution is 0.131. The Hall–Kier alpha value is -1.07. The van der Waals surface area contributed by atoms with E-state index in [9.17, 15) is 4.79 Å². The third-order valence-corrected chi connectivity index (χ3v) is 2.64. The molecule has 0 aliphatic carbocycles. The molecule has 0 fully saturated rings. The van der Waals surface area contributed by atoms with Gasteiger partial charge in [0.15, 0.2) is 0 Å². The SMILES string of the molecule is CC(C)(C)NC(=O)OC[C@@H](N)c1cccc(Br)c1. The van der Waals surface area contributed by atoms with E-state index in [0.717, 1.165) is 10.0 Å². The molecule has 0 radical (unpaired) electrons. The Balaban J connectivity index is 2.46. The zero-order chi connectivity index (χ0) is 13.8. The molecule has 0 aliphatic rings. The molecule has 0 bridgehead atoms. The number of halogens is 1. The van der Waals surface area contributed by atoms with Crippen LogP contribution >= 0.6 is 15.9 Å². The van der Waals surface area contributed by atoms with Gasteiger partial charge in [-0.2, -0.15) is 0 Å². The fourth-order valence-electron chi connectivity index (χ4n) is 1.34. The number of carbonyl (C=O) groups is 1. The first-order chi connectivity index (χ1) is 8.28. The summed E-state index contributed by atoms with van der Waals surface area (Å²) in [4.78, 5) is 11.5. The maximum atomic E-state index is 11.5. The van der Waals surface area contributed by atoms with Crippen LogP contribution in [0.5, 0.6) is 0 Å². The van der Waals surface area contributed by atoms with Crippen LogP contribution in [0.4, 0.5) is 4.79 Å². The molecule has 3 N–H and O–H groups in total. The minimum absolute atomic E-state index is 0.151. The first-order valence-corrected chi connectivity index (χ1v) is 6.53. The fraction of sp³-hybridized carbons (Fsp3) is 0.462. The topological polar surface area (TPSA) is 64.3 Å². The van der Waals surface area contributed by atoms with Gasteiger partial charge in [0.25, 0.3) is 0 Å². The summed E-state index contributed by atoms with van der Waals surface area (Å²) in [5, 5.41) is 2.71. The summed E-state index contributed by atoms with van der Waals surface area (Å²) >= 11 is 3.37. The van der Waals surface area contributed by atoms with Crippen molar-refractivity contribution in [2.24, 2.45) is 5.73 Å². The van der Waals surface area contributed by atoms with Crippen molar-refractivity contribution in [1.82, 2.24) is 5.32 Å². The van der Waals surface area contributed by atoms with Crippen molar-refractivity contribution in [2.75, 3.05) is 6.61 Å². The van der Waals surface area contributed by atoms with Crippen LogP contribution in [0.1, 0.15) is 32.4 Å². The van der Waals surface area contributed by atoms with E-state index in [1.165, 1.54) is 0 Å². The van der Waals surface area contributed by atoms with Crippen LogP contribution in [-0.4, -0.2) is 18.2 Å². The number of rotatable bonds is 3. The van der Waals surface area contributed by atoms with Crippen molar-refractivity contribution >= 4 is 22.0 Å². The lowest BCUT2D eigenvalue weighted by atomic mass is 10.1. The smallest absolute Gasteiger partial charge is 0.407 e. The predicted octanol–water partition coefficient (Wildman–Crippen LogP) is 2.97. The summed E-state index contributed by atoms with van der Waals surface area (Å²) in [5.41, 5.74) is 6.57. The monoisotopic (exact) mass is 314 g/mol. The van der Waals surface area contributed by atoms with Crippen LogP contribution in [0.3, 0.4) is 0 Å². The molecule has 1 atom stereocenters. The highest BCUT2D eigenvalue weighted by Crippen LogP contribution is 2.16. The van der Waals surface area contributed by atoms with Gasteiger partial charge in [-0.3, -0.25) is 0 Å². The summed E-state index contributed by atoms with van der Waals surface area (Å²) < 4.78 is 6.04. The summed E-state index contributed by atoms with van der Waals surface area (Å²) in [7, 11) is 0. The van der Waals surface area contributed by atoms with Crippen molar-refractivity contribution < 1.29 is 9.53 Å². The molecule has 0 heterocycles. The van der Waals surface area contributed by atoms with Crippen molar-refractivity contribution in [3.63, 3.8) is 0 Å². The molecule has 100 valence electrons. The molecule has 1 aromatic rings. The van der Waals surface area contributed by atoms with Crippen molar-refractivity contribution in [3.05, 3.63) is 34.3 Å². The molecule has 0 aliphatic heterocycles. The Bertz CT molecular complexity index is 416. The van der Waals surface area contributed by atoms with Crippen molar-refractivity contribution in [3.8, 4) is 0 Å². The minimum Gasteiger partial charge on any atom is -0.448 e. The lowest BCUT2D eigenvalue weighted by Crippen LogP contribution is -2.41. The molecule has 18 heavy (non-hydrogen) atoms. The minimum atomic E-state index is -0.451. The number of nitrogens with one attached hydrogen (secondary N) is 1. The van der Waals surface area contributed by atoms with E-state index in [-0.39, 0.29) is 18.2 Å². The first-order valence-electron chi connectivity index (χ1n) is 5.74. The van der Waals surface area contributed by atoms with E-state index in [1.54, 1.807) is 0 Å². The number of amides is 1. The largest absolute Gasteiger partial charge is 0.448 e. The van der Waals surface area contributed by atoms with Crippen molar-refractivity contribution in [2.45, 2.75) is 32.4 Å². The number of alkyl carbamates (subject to hydrolysis) is 1. The number of hydrogen-bond acceptors (Lipinski definition) is 3. The molecule has 0 spiro atoms. The Labute approximate surface area is 116 Å². The third kappa shape index (κ3) is 5.51. The normalized spacial score (nSPS) is 12.9. The maximum Gasteiger partial charge on any atom is 0.407 e. The number of nitrogens with two attached hydrogens (primary N) is 1. The van der Waals surface area contributed by atoms with E-state index >= 15 is 0 Å². The van der Waals surface area contributed by atoms with Gasteiger partial charge in [-0.25, -0.2) is 4.79 Å². The van der Waals surface area contributed by atoms with E-state index in [1.807, 2.05) is 45.0 Å². The molecule has 0 aromatic heterocycles. The first kappa shape index (κ1) is 15.0. The second-order valence-corrected chi connectivity index (χ2v) is 6.05. The number of hydrogen-bond donors (Lipinski definition) is 2. The van der Waals surface area contributed by atoms with Gasteiger partial charge >= 0.3 is 6.09 Å². The highest BCUT2D eigenvalue weighted by molar-refractivity contribution is 9.10. The van der Waals surface area contributed by atoms with E-state index < -0.39 is 6.09 Å². The van der Waals surface area contributed by atoms with Gasteiger partial charge in [0.2, 0.25) is 0 Å². The fourth-order valence-corrected chi connectivity index (χ4v) is 1.76. The standard InChI is InChI=1S/C13H19BrN2O2/c1-13(2,3)16-12(17)18-8-11(15)9-5-4-6-10(14)7-9/h4-7,11H,8,15H2,1-3H3,(H,16,17)/t11-/m1/s1. The van der Waals surface area contributed by atoms with Gasteiger partial charge in [-0.1, -0.05) is 28.1 Å². The Morgan fingerprint density at radius 2 is 2.17 bits per heavy atom. The third-order valence-electron chi connectivity index (χ3n) is 2.15. The molecule has 1 aromatic carbocycles. The summed E-state index contributed by atoms with van der Waals surface area (Å²) in [5.74, 6) is 0. The van der Waals surface area contributed by atoms with Crippen LogP contribution in [0.15, 0.2) is 28.7 Å². The lowest BCUT2D eigenvalue weighted by Gasteiger charge is -2.21. The predicted molar refractivity (Wildman–Crippen MR) is 75.3 cm³/mol. The molecule has 0 saturated carbocycles. The van der Waals surface area contributed by atoms with Gasteiger partial charge in [0, 0.05) is 10.0 Å². The Morgan fingerprint density at radius 1 is 1.50 bits per heavy atom. The van der Waals surface area contributed by atoms with Crippen LogP contribution in [0, 0.1) is 0 Å². The van der Waals surface area contributed by atoms with Crippen LogP contribution < -0.4 is 11.1 Å². The molecule has 0 saturated heterocycles. The molecular weight excluding hydrogens is 296 g/mol. The number of carbonyl (C=O) groups excluding carboxylic acids is 1. The molecule has 0 unspecified atom stereocenters. The quantitative estimate of drug-likeness (QED) is 0.901. The zero-order valence-corrected chi connectivity index (χ0v) is 12.5. The van der Waals surface area contributed by atoms with Crippen molar-refractivity contribution in [1.29, 1.82) is 0 Å². The highest BCUT2D eigenvalue weighted by Gasteiger charge is 2.16. The van der Waals surface area contributed by atoms with Crippen LogP contribution in [0.2, 0.25) is 0 Å². The van der Waals surface area contributed by atoms with E-state index in [4.69, 9.17) is 10.5 Å². The van der Waals surface area contributed by atoms with Gasteiger partial charge < -0.3 is 15.8 Å². The van der Waals surface area contributed by atoms with E-state index in [0.29, 0.717) is 0 Å². The maximum absolute atomic E-state index is 11.5. The van der Waals surface area contributed by atoms with Gasteiger partial charge in [0.05, 0.1) is 6.04 Å². The van der Waals surface area contributed by atoms with Crippen LogP contribution in [0.25, 0.3) is 0 Å². The highest BCUT2D eigenvalue weighted by atomic mass is 79.9. The van der Waals surface area contributed by atoms with Crippen LogP contribution in [-0.2, 0) is 4.74 Å². The average molecular weight is 315 g/mol. The Morgan fingerprint density at radius 3 is 2.72 bits per heavy atom. The summed E-state index contributed by atoms with van der Waals surface area (Å²) in [6, 6.07) is 7.31. The summed E-state index contributed by atoms with van der Waals surface area (Å²) in [6.07, 6.45) is -0.451. The average Bonchev–Trinajstić information content (AvgIpc) is 2.23. The number of benzene rings is 1. The Kier molecular flexibility index (Phi) is 5.16. The van der Waals surface area contributed by atoms with Gasteiger partial charge in [-0.05, 0) is 38.5 Å².